The quantitative estimate of drug-likeness (QED) is 0.288. The predicted molar refractivity (Wildman–Crippen MR) is 72.5 cm³/mol. The summed E-state index contributed by atoms with van der Waals surface area (Å²) in [7, 11) is 0. The summed E-state index contributed by atoms with van der Waals surface area (Å²) < 4.78 is 0. The first-order valence-electron chi connectivity index (χ1n) is 5.07. The Labute approximate surface area is 113 Å². The van der Waals surface area contributed by atoms with E-state index >= 15 is 0 Å². The van der Waals surface area contributed by atoms with E-state index in [2.05, 4.69) is 25.4 Å². The highest BCUT2D eigenvalue weighted by atomic mass is 32.2. The standard InChI is InChI=1S/C10H12N6S2/c1-6-4-12-9(13-5-6)18-8-3-7(16-11)14-10(15-8)17-2/h3-5H,11H2,1-2H3,(H,14,15,16). The number of hydrogen-bond donors (Lipinski definition) is 2. The molecule has 0 bridgehead atoms. The predicted octanol–water partition coefficient (Wildman–Crippen LogP) is 1.73. The summed E-state index contributed by atoms with van der Waals surface area (Å²) in [6.45, 7) is 1.95. The van der Waals surface area contributed by atoms with Crippen molar-refractivity contribution in [3.63, 3.8) is 0 Å². The topological polar surface area (TPSA) is 89.6 Å². The van der Waals surface area contributed by atoms with Crippen LogP contribution in [0.2, 0.25) is 0 Å². The van der Waals surface area contributed by atoms with Crippen LogP contribution in [0.4, 0.5) is 5.82 Å². The van der Waals surface area contributed by atoms with Gasteiger partial charge in [0.1, 0.15) is 10.8 Å². The molecule has 18 heavy (non-hydrogen) atoms. The molecule has 0 radical (unpaired) electrons. The van der Waals surface area contributed by atoms with Gasteiger partial charge in [-0.15, -0.1) is 0 Å². The Balaban J connectivity index is 2.25. The summed E-state index contributed by atoms with van der Waals surface area (Å²) in [4.78, 5) is 17.0. The average molecular weight is 280 g/mol. The van der Waals surface area contributed by atoms with Crippen molar-refractivity contribution < 1.29 is 0 Å². The molecule has 0 fully saturated rings. The second-order valence-electron chi connectivity index (χ2n) is 3.37. The van der Waals surface area contributed by atoms with Gasteiger partial charge in [-0.1, -0.05) is 11.8 Å². The van der Waals surface area contributed by atoms with Gasteiger partial charge in [-0.05, 0) is 30.5 Å². The first-order chi connectivity index (χ1) is 8.71. The normalized spacial score (nSPS) is 10.4. The van der Waals surface area contributed by atoms with Crippen LogP contribution in [-0.2, 0) is 0 Å². The maximum absolute atomic E-state index is 5.37. The number of hydrogen-bond acceptors (Lipinski definition) is 8. The monoisotopic (exact) mass is 280 g/mol. The average Bonchev–Trinajstić information content (AvgIpc) is 2.41. The summed E-state index contributed by atoms with van der Waals surface area (Å²) in [5, 5.41) is 2.06. The molecule has 0 aliphatic heterocycles. The molecule has 94 valence electrons. The number of hydrazine groups is 1. The van der Waals surface area contributed by atoms with Gasteiger partial charge in [0.25, 0.3) is 0 Å². The van der Waals surface area contributed by atoms with Crippen LogP contribution in [0.25, 0.3) is 0 Å². The molecule has 2 aromatic rings. The van der Waals surface area contributed by atoms with Gasteiger partial charge in [-0.25, -0.2) is 25.8 Å². The fourth-order valence-electron chi connectivity index (χ4n) is 1.15. The Morgan fingerprint density at radius 3 is 2.50 bits per heavy atom. The van der Waals surface area contributed by atoms with Crippen molar-refractivity contribution in [1.82, 2.24) is 19.9 Å². The van der Waals surface area contributed by atoms with Crippen LogP contribution in [0.1, 0.15) is 5.56 Å². The van der Waals surface area contributed by atoms with Crippen molar-refractivity contribution >= 4 is 29.3 Å². The summed E-state index contributed by atoms with van der Waals surface area (Å²) in [6, 6.07) is 1.76. The van der Waals surface area contributed by atoms with Gasteiger partial charge >= 0.3 is 0 Å². The maximum atomic E-state index is 5.37. The van der Waals surface area contributed by atoms with Gasteiger partial charge in [-0.3, -0.25) is 0 Å². The molecule has 2 rings (SSSR count). The van der Waals surface area contributed by atoms with Gasteiger partial charge < -0.3 is 5.43 Å². The number of rotatable bonds is 4. The minimum absolute atomic E-state index is 0.573. The third kappa shape index (κ3) is 3.31. The fraction of sp³-hybridized carbons (Fsp3) is 0.200. The van der Waals surface area contributed by atoms with Crippen molar-refractivity contribution in [2.24, 2.45) is 5.84 Å². The minimum Gasteiger partial charge on any atom is -0.308 e. The lowest BCUT2D eigenvalue weighted by Gasteiger charge is -2.05. The van der Waals surface area contributed by atoms with Gasteiger partial charge in [0.15, 0.2) is 10.3 Å². The lowest BCUT2D eigenvalue weighted by Crippen LogP contribution is -2.09. The molecule has 8 heteroatoms. The highest BCUT2D eigenvalue weighted by molar-refractivity contribution is 7.99. The van der Waals surface area contributed by atoms with Crippen LogP contribution in [0.5, 0.6) is 0 Å². The molecule has 0 unspecified atom stereocenters. The number of nitrogens with one attached hydrogen (secondary N) is 1. The number of thioether (sulfide) groups is 1. The molecular formula is C10H12N6S2. The minimum atomic E-state index is 0.573. The second kappa shape index (κ2) is 5.98. The molecule has 0 aliphatic carbocycles. The molecule has 0 atom stereocenters. The molecule has 0 saturated heterocycles. The van der Waals surface area contributed by atoms with Crippen molar-refractivity contribution in [2.45, 2.75) is 22.3 Å². The van der Waals surface area contributed by atoms with E-state index in [0.29, 0.717) is 16.1 Å². The summed E-state index contributed by atoms with van der Waals surface area (Å²) >= 11 is 2.83. The second-order valence-corrected chi connectivity index (χ2v) is 5.13. The van der Waals surface area contributed by atoms with Gasteiger partial charge in [0.05, 0.1) is 0 Å². The molecular weight excluding hydrogens is 268 g/mol. The van der Waals surface area contributed by atoms with Gasteiger partial charge in [-0.2, -0.15) is 0 Å². The van der Waals surface area contributed by atoms with Crippen molar-refractivity contribution in [1.29, 1.82) is 0 Å². The number of nitrogens with zero attached hydrogens (tertiary/aromatic N) is 4. The zero-order valence-corrected chi connectivity index (χ0v) is 11.5. The summed E-state index contributed by atoms with van der Waals surface area (Å²) in [5.41, 5.74) is 3.54. The lowest BCUT2D eigenvalue weighted by molar-refractivity contribution is 0.883. The Morgan fingerprint density at radius 1 is 1.17 bits per heavy atom. The summed E-state index contributed by atoms with van der Waals surface area (Å²) in [5.74, 6) is 5.94. The van der Waals surface area contributed by atoms with Crippen LogP contribution < -0.4 is 11.3 Å². The van der Waals surface area contributed by atoms with Gasteiger partial charge in [0, 0.05) is 18.5 Å². The van der Waals surface area contributed by atoms with E-state index in [1.807, 2.05) is 13.2 Å². The van der Waals surface area contributed by atoms with Crippen LogP contribution in [0.3, 0.4) is 0 Å². The molecule has 0 spiro atoms. The first-order valence-corrected chi connectivity index (χ1v) is 7.11. The van der Waals surface area contributed by atoms with Crippen LogP contribution in [0, 0.1) is 6.92 Å². The Kier molecular flexibility index (Phi) is 4.34. The van der Waals surface area contributed by atoms with E-state index in [4.69, 9.17) is 5.84 Å². The third-order valence-electron chi connectivity index (χ3n) is 1.97. The molecule has 2 heterocycles. The van der Waals surface area contributed by atoms with Crippen molar-refractivity contribution in [3.05, 3.63) is 24.0 Å². The third-order valence-corrected chi connectivity index (χ3v) is 3.33. The molecule has 6 nitrogen and oxygen atoms in total. The Morgan fingerprint density at radius 2 is 1.89 bits per heavy atom. The number of nitrogen functional groups attached to an aromatic ring is 1. The molecule has 2 aromatic heterocycles. The van der Waals surface area contributed by atoms with E-state index in [-0.39, 0.29) is 0 Å². The first kappa shape index (κ1) is 13.1. The Bertz CT molecular complexity index is 508. The molecule has 3 N–H and O–H groups in total. The maximum Gasteiger partial charge on any atom is 0.193 e. The number of anilines is 1. The van der Waals surface area contributed by atoms with Crippen LogP contribution in [-0.4, -0.2) is 26.2 Å². The SMILES string of the molecule is CSc1nc(NN)cc(Sc2ncc(C)cn2)n1. The molecule has 0 aromatic carbocycles. The fourth-order valence-corrected chi connectivity index (χ4v) is 2.29. The van der Waals surface area contributed by atoms with E-state index in [9.17, 15) is 0 Å². The molecule has 0 amide bonds. The number of aryl methyl sites for hydroxylation is 1. The summed E-state index contributed by atoms with van der Waals surface area (Å²) in [6.07, 6.45) is 5.45. The zero-order valence-electron chi connectivity index (χ0n) is 9.91. The zero-order chi connectivity index (χ0) is 13.0. The van der Waals surface area contributed by atoms with E-state index in [1.54, 1.807) is 18.5 Å². The van der Waals surface area contributed by atoms with E-state index in [1.165, 1.54) is 23.5 Å². The van der Waals surface area contributed by atoms with E-state index < -0.39 is 0 Å². The van der Waals surface area contributed by atoms with Crippen molar-refractivity contribution in [2.75, 3.05) is 11.7 Å². The largest absolute Gasteiger partial charge is 0.308 e. The Hall–Kier alpha value is -1.38. The highest BCUT2D eigenvalue weighted by Gasteiger charge is 2.06. The lowest BCUT2D eigenvalue weighted by atomic mass is 10.4. The number of aromatic nitrogens is 4. The van der Waals surface area contributed by atoms with Crippen LogP contribution >= 0.6 is 23.5 Å². The number of nitrogens with two attached hydrogens (primary N) is 1. The van der Waals surface area contributed by atoms with Crippen molar-refractivity contribution in [3.8, 4) is 0 Å². The van der Waals surface area contributed by atoms with Crippen LogP contribution in [0.15, 0.2) is 33.8 Å². The molecule has 0 aliphatic rings. The molecule has 0 saturated carbocycles. The highest BCUT2D eigenvalue weighted by Crippen LogP contribution is 2.25. The smallest absolute Gasteiger partial charge is 0.193 e. The van der Waals surface area contributed by atoms with Gasteiger partial charge in [0.2, 0.25) is 0 Å². The van der Waals surface area contributed by atoms with E-state index in [0.717, 1.165) is 10.6 Å².